The van der Waals surface area contributed by atoms with Gasteiger partial charge in [-0.05, 0) is 62.3 Å². The molecule has 1 fully saturated rings. The number of hydrogen-bond donors (Lipinski definition) is 0. The van der Waals surface area contributed by atoms with E-state index in [1.807, 2.05) is 0 Å². The zero-order chi connectivity index (χ0) is 19.7. The second kappa shape index (κ2) is 8.11. The van der Waals surface area contributed by atoms with E-state index in [-0.39, 0.29) is 12.1 Å². The molecule has 1 saturated heterocycles. The average molecular weight is 419 g/mol. The largest absolute Gasteiger partial charge is 0.457 e. The Morgan fingerprint density at radius 3 is 2.79 bits per heavy atom. The number of halogens is 2. The smallest absolute Gasteiger partial charge is 0.338 e. The van der Waals surface area contributed by atoms with E-state index in [9.17, 15) is 4.79 Å². The van der Waals surface area contributed by atoms with Gasteiger partial charge in [-0.25, -0.2) is 9.78 Å². The Kier molecular flexibility index (Phi) is 5.58. The minimum absolute atomic E-state index is 0.0733. The number of benzene rings is 2. The third kappa shape index (κ3) is 4.17. The Balaban J connectivity index is 1.55. The molecule has 28 heavy (non-hydrogen) atoms. The van der Waals surface area contributed by atoms with E-state index in [1.165, 1.54) is 0 Å². The van der Waals surface area contributed by atoms with Crippen LogP contribution in [0.4, 0.5) is 0 Å². The minimum atomic E-state index is -0.339. The number of oxazole rings is 1. The van der Waals surface area contributed by atoms with E-state index in [0.717, 1.165) is 32.5 Å². The quantitative estimate of drug-likeness (QED) is 0.527. The molecule has 7 heteroatoms. The lowest BCUT2D eigenvalue weighted by atomic mass is 10.1. The fraction of sp³-hybridized carbons (Fsp3) is 0.333. The van der Waals surface area contributed by atoms with Crippen molar-refractivity contribution in [3.63, 3.8) is 0 Å². The molecule has 1 atom stereocenters. The number of carbonyl (C=O) groups excluding carboxylic acids is 1. The molecule has 5 nitrogen and oxygen atoms in total. The minimum Gasteiger partial charge on any atom is -0.457 e. The van der Waals surface area contributed by atoms with Crippen LogP contribution in [0.5, 0.6) is 0 Å². The summed E-state index contributed by atoms with van der Waals surface area (Å²) in [6, 6.07) is 10.2. The van der Waals surface area contributed by atoms with Gasteiger partial charge in [0.2, 0.25) is 5.89 Å². The van der Waals surface area contributed by atoms with Gasteiger partial charge in [0.25, 0.3) is 0 Å². The Morgan fingerprint density at radius 2 is 2.04 bits per heavy atom. The fourth-order valence-electron chi connectivity index (χ4n) is 3.47. The third-order valence-electron chi connectivity index (χ3n) is 4.92. The van der Waals surface area contributed by atoms with Crippen LogP contribution in [0.15, 0.2) is 40.8 Å². The van der Waals surface area contributed by atoms with Crippen LogP contribution >= 0.6 is 23.2 Å². The highest BCUT2D eigenvalue weighted by Gasteiger charge is 2.23. The molecule has 0 radical (unpaired) electrons. The van der Waals surface area contributed by atoms with Gasteiger partial charge in [-0.3, -0.25) is 4.90 Å². The predicted octanol–water partition coefficient (Wildman–Crippen LogP) is 5.44. The number of nitrogens with zero attached hydrogens (tertiary/aromatic N) is 2. The summed E-state index contributed by atoms with van der Waals surface area (Å²) in [7, 11) is 0. The van der Waals surface area contributed by atoms with Crippen molar-refractivity contribution in [3.05, 3.63) is 52.0 Å². The zero-order valence-corrected chi connectivity index (χ0v) is 17.0. The topological polar surface area (TPSA) is 55.6 Å². The number of ether oxygens (including phenoxy) is 1. The van der Waals surface area contributed by atoms with Crippen molar-refractivity contribution in [1.29, 1.82) is 0 Å². The normalized spacial score (nSPS) is 17.8. The van der Waals surface area contributed by atoms with Crippen molar-refractivity contribution < 1.29 is 13.9 Å². The molecule has 2 aromatic carbocycles. The first-order valence-corrected chi connectivity index (χ1v) is 10.1. The fourth-order valence-corrected chi connectivity index (χ4v) is 3.99. The maximum absolute atomic E-state index is 12.6. The first kappa shape index (κ1) is 19.2. The summed E-state index contributed by atoms with van der Waals surface area (Å²) in [5.41, 5.74) is 2.30. The third-order valence-corrected chi connectivity index (χ3v) is 5.35. The van der Waals surface area contributed by atoms with Crippen LogP contribution in [0.25, 0.3) is 22.6 Å². The number of rotatable bonds is 4. The molecular formula is C21H20Cl2N2O3. The Morgan fingerprint density at radius 1 is 1.25 bits per heavy atom. The molecule has 0 amide bonds. The van der Waals surface area contributed by atoms with Crippen LogP contribution in [0, 0.1) is 0 Å². The second-order valence-electron chi connectivity index (χ2n) is 6.92. The van der Waals surface area contributed by atoms with E-state index in [2.05, 4.69) is 16.8 Å². The Labute approximate surface area is 173 Å². The lowest BCUT2D eigenvalue weighted by molar-refractivity contribution is 0.00775. The number of aromatic nitrogens is 1. The van der Waals surface area contributed by atoms with Crippen molar-refractivity contribution in [3.8, 4) is 11.5 Å². The van der Waals surface area contributed by atoms with Crippen molar-refractivity contribution in [2.24, 2.45) is 0 Å². The van der Waals surface area contributed by atoms with Gasteiger partial charge < -0.3 is 9.15 Å². The lowest BCUT2D eigenvalue weighted by Crippen LogP contribution is -2.40. The number of fused-ring (bicyclic) bond motifs is 1. The van der Waals surface area contributed by atoms with Crippen molar-refractivity contribution >= 4 is 40.3 Å². The van der Waals surface area contributed by atoms with Crippen LogP contribution < -0.4 is 0 Å². The summed E-state index contributed by atoms with van der Waals surface area (Å²) in [4.78, 5) is 19.3. The summed E-state index contributed by atoms with van der Waals surface area (Å²) in [5, 5.41) is 1.00. The maximum atomic E-state index is 12.6. The summed E-state index contributed by atoms with van der Waals surface area (Å²) >= 11 is 12.1. The number of likely N-dealkylation sites (tertiary alicyclic amines) is 1. The second-order valence-corrected chi connectivity index (χ2v) is 7.80. The Hall–Kier alpha value is -2.08. The molecule has 0 bridgehead atoms. The van der Waals surface area contributed by atoms with Crippen LogP contribution in [-0.4, -0.2) is 41.6 Å². The highest BCUT2D eigenvalue weighted by atomic mass is 35.5. The molecule has 0 saturated carbocycles. The van der Waals surface area contributed by atoms with Crippen molar-refractivity contribution in [1.82, 2.24) is 9.88 Å². The molecule has 0 spiro atoms. The molecule has 1 aliphatic rings. The first-order valence-electron chi connectivity index (χ1n) is 9.32. The molecule has 3 aromatic rings. The van der Waals surface area contributed by atoms with Crippen molar-refractivity contribution in [2.45, 2.75) is 25.9 Å². The number of piperidine rings is 1. The van der Waals surface area contributed by atoms with E-state index < -0.39 is 0 Å². The summed E-state index contributed by atoms with van der Waals surface area (Å²) in [5.74, 6) is 0.0596. The summed E-state index contributed by atoms with van der Waals surface area (Å²) < 4.78 is 11.5. The van der Waals surface area contributed by atoms with Gasteiger partial charge in [0.05, 0.1) is 5.56 Å². The predicted molar refractivity (Wildman–Crippen MR) is 110 cm³/mol. The SMILES string of the molecule is CCN1CCCC(OC(=O)c2ccc3nc(-c4cc(Cl)cc(Cl)c4)oc3c2)C1. The standard InChI is InChI=1S/C21H20Cl2N2O3/c1-2-25-7-3-4-17(12-25)27-21(26)13-5-6-18-19(10-13)28-20(24-18)14-8-15(22)11-16(23)9-14/h5-6,8-11,17H,2-4,7,12H2,1H3. The highest BCUT2D eigenvalue weighted by molar-refractivity contribution is 6.35. The molecule has 0 N–H and O–H groups in total. The van der Waals surface area contributed by atoms with Gasteiger partial charge >= 0.3 is 5.97 Å². The molecule has 1 unspecified atom stereocenters. The van der Waals surface area contributed by atoms with Gasteiger partial charge in [-0.15, -0.1) is 0 Å². The van der Waals surface area contributed by atoms with E-state index >= 15 is 0 Å². The van der Waals surface area contributed by atoms with Crippen LogP contribution in [0.3, 0.4) is 0 Å². The number of likely N-dealkylation sites (N-methyl/N-ethyl adjacent to an activating group) is 1. The maximum Gasteiger partial charge on any atom is 0.338 e. The molecular weight excluding hydrogens is 399 g/mol. The summed E-state index contributed by atoms with van der Waals surface area (Å²) in [6.07, 6.45) is 1.86. The van der Waals surface area contributed by atoms with Gasteiger partial charge in [-0.1, -0.05) is 30.1 Å². The summed E-state index contributed by atoms with van der Waals surface area (Å²) in [6.45, 7) is 4.93. The number of esters is 1. The highest BCUT2D eigenvalue weighted by Crippen LogP contribution is 2.30. The van der Waals surface area contributed by atoms with Crippen molar-refractivity contribution in [2.75, 3.05) is 19.6 Å². The van der Waals surface area contributed by atoms with Gasteiger partial charge in [0.1, 0.15) is 11.6 Å². The molecule has 1 aliphatic heterocycles. The average Bonchev–Trinajstić information content (AvgIpc) is 3.11. The van der Waals surface area contributed by atoms with Crippen LogP contribution in [0.1, 0.15) is 30.1 Å². The van der Waals surface area contributed by atoms with Gasteiger partial charge in [0.15, 0.2) is 5.58 Å². The zero-order valence-electron chi connectivity index (χ0n) is 15.5. The number of hydrogen-bond acceptors (Lipinski definition) is 5. The molecule has 0 aliphatic carbocycles. The first-order chi connectivity index (χ1) is 13.5. The van der Waals surface area contributed by atoms with E-state index in [1.54, 1.807) is 36.4 Å². The number of carbonyl (C=O) groups is 1. The Bertz CT molecular complexity index is 998. The van der Waals surface area contributed by atoms with Crippen LogP contribution in [-0.2, 0) is 4.74 Å². The molecule has 4 rings (SSSR count). The van der Waals surface area contributed by atoms with Gasteiger partial charge in [0, 0.05) is 22.2 Å². The molecule has 1 aromatic heterocycles. The molecule has 2 heterocycles. The monoisotopic (exact) mass is 418 g/mol. The molecule has 146 valence electrons. The van der Waals surface area contributed by atoms with E-state index in [0.29, 0.717) is 38.2 Å². The van der Waals surface area contributed by atoms with Gasteiger partial charge in [-0.2, -0.15) is 0 Å². The van der Waals surface area contributed by atoms with Crippen LogP contribution in [0.2, 0.25) is 10.0 Å². The van der Waals surface area contributed by atoms with E-state index in [4.69, 9.17) is 32.4 Å². The lowest BCUT2D eigenvalue weighted by Gasteiger charge is -2.31.